The van der Waals surface area contributed by atoms with Gasteiger partial charge in [0.05, 0.1) is 16.4 Å². The van der Waals surface area contributed by atoms with Crippen molar-refractivity contribution < 1.29 is 18.1 Å². The lowest BCUT2D eigenvalue weighted by Gasteiger charge is -2.17. The van der Waals surface area contributed by atoms with Gasteiger partial charge in [0, 0.05) is 25.7 Å². The Morgan fingerprint density at radius 3 is 2.88 bits per heavy atom. The minimum absolute atomic E-state index is 0.214. The van der Waals surface area contributed by atoms with E-state index in [1.807, 2.05) is 0 Å². The lowest BCUT2D eigenvalue weighted by molar-refractivity contribution is -0.385. The van der Waals surface area contributed by atoms with E-state index in [-0.39, 0.29) is 17.1 Å². The molecule has 10 heteroatoms. The molecule has 0 spiro atoms. The summed E-state index contributed by atoms with van der Waals surface area (Å²) < 4.78 is 25.8. The second-order valence-corrected chi connectivity index (χ2v) is 8.06. The minimum atomic E-state index is -3.97. The summed E-state index contributed by atoms with van der Waals surface area (Å²) in [6.45, 7) is 2.09. The number of amides is 1. The van der Waals surface area contributed by atoms with Crippen molar-refractivity contribution in [2.24, 2.45) is 5.92 Å². The molecule has 9 nitrogen and oxygen atoms in total. The van der Waals surface area contributed by atoms with E-state index in [1.165, 1.54) is 25.2 Å². The van der Waals surface area contributed by atoms with Crippen LogP contribution in [0.1, 0.15) is 12.8 Å². The van der Waals surface area contributed by atoms with Crippen LogP contribution in [0, 0.1) is 16.0 Å². The van der Waals surface area contributed by atoms with E-state index in [9.17, 15) is 23.3 Å². The van der Waals surface area contributed by atoms with Gasteiger partial charge in [-0.2, -0.15) is 4.31 Å². The van der Waals surface area contributed by atoms with E-state index in [4.69, 9.17) is 0 Å². The largest absolute Gasteiger partial charge is 0.355 e. The highest BCUT2D eigenvalue weighted by Crippen LogP contribution is 2.20. The summed E-state index contributed by atoms with van der Waals surface area (Å²) in [6, 6.07) is 4.76. The van der Waals surface area contributed by atoms with E-state index in [0.717, 1.165) is 36.3 Å². The van der Waals surface area contributed by atoms with Crippen LogP contribution >= 0.6 is 0 Å². The van der Waals surface area contributed by atoms with Crippen molar-refractivity contribution in [1.82, 2.24) is 14.9 Å². The second-order valence-electron chi connectivity index (χ2n) is 6.01. The number of non-ortho nitro benzene ring substituents is 1. The standard InChI is InChI=1S/C15H22N4O5S/c1-18(11-15(20)17-8-6-12-5-7-16-10-12)25(23,24)14-4-2-3-13(9-14)19(21)22/h2-4,9,12,16H,5-8,10-11H2,1H3,(H,17,20). The smallest absolute Gasteiger partial charge is 0.270 e. The van der Waals surface area contributed by atoms with Crippen LogP contribution in [0.2, 0.25) is 0 Å². The molecule has 1 heterocycles. The van der Waals surface area contributed by atoms with Gasteiger partial charge in [-0.25, -0.2) is 8.42 Å². The molecule has 1 aromatic rings. The summed E-state index contributed by atoms with van der Waals surface area (Å²) in [5, 5.41) is 16.7. The molecule has 0 saturated carbocycles. The number of nitro groups is 1. The molecule has 1 saturated heterocycles. The van der Waals surface area contributed by atoms with Crippen LogP contribution in [0.4, 0.5) is 5.69 Å². The van der Waals surface area contributed by atoms with E-state index in [1.54, 1.807) is 0 Å². The molecule has 2 rings (SSSR count). The Morgan fingerprint density at radius 1 is 1.48 bits per heavy atom. The number of nitrogens with zero attached hydrogens (tertiary/aromatic N) is 2. The van der Waals surface area contributed by atoms with Gasteiger partial charge in [-0.1, -0.05) is 6.07 Å². The number of rotatable bonds is 8. The van der Waals surface area contributed by atoms with Crippen LogP contribution in [0.5, 0.6) is 0 Å². The summed E-state index contributed by atoms with van der Waals surface area (Å²) in [6.07, 6.45) is 1.93. The van der Waals surface area contributed by atoms with Gasteiger partial charge in [-0.05, 0) is 37.9 Å². The molecular weight excluding hydrogens is 348 g/mol. The average Bonchev–Trinajstić information content (AvgIpc) is 3.08. The van der Waals surface area contributed by atoms with E-state index in [0.29, 0.717) is 12.5 Å². The third kappa shape index (κ3) is 5.21. The Kier molecular flexibility index (Phi) is 6.45. The molecule has 138 valence electrons. The van der Waals surface area contributed by atoms with Crippen molar-refractivity contribution in [1.29, 1.82) is 0 Å². The van der Waals surface area contributed by atoms with Crippen molar-refractivity contribution in [2.45, 2.75) is 17.7 Å². The van der Waals surface area contributed by atoms with Gasteiger partial charge >= 0.3 is 0 Å². The van der Waals surface area contributed by atoms with E-state index >= 15 is 0 Å². The Morgan fingerprint density at radius 2 is 2.24 bits per heavy atom. The zero-order chi connectivity index (χ0) is 18.4. The van der Waals surface area contributed by atoms with Crippen molar-refractivity contribution in [2.75, 3.05) is 33.2 Å². The molecule has 25 heavy (non-hydrogen) atoms. The summed E-state index contributed by atoms with van der Waals surface area (Å²) in [7, 11) is -2.70. The van der Waals surface area contributed by atoms with Gasteiger partial charge < -0.3 is 10.6 Å². The fourth-order valence-corrected chi connectivity index (χ4v) is 3.82. The van der Waals surface area contributed by atoms with Crippen molar-refractivity contribution >= 4 is 21.6 Å². The first kappa shape index (κ1) is 19.3. The Hall–Kier alpha value is -2.04. The number of hydrogen-bond acceptors (Lipinski definition) is 6. The number of carbonyl (C=O) groups excluding carboxylic acids is 1. The number of likely N-dealkylation sites (N-methyl/N-ethyl adjacent to an activating group) is 1. The molecule has 1 aromatic carbocycles. The number of nitro benzene ring substituents is 1. The lowest BCUT2D eigenvalue weighted by atomic mass is 10.1. The van der Waals surface area contributed by atoms with Gasteiger partial charge in [0.15, 0.2) is 0 Å². The Labute approximate surface area is 146 Å². The van der Waals surface area contributed by atoms with E-state index in [2.05, 4.69) is 10.6 Å². The summed E-state index contributed by atoms with van der Waals surface area (Å²) in [4.78, 5) is 21.8. The normalized spacial score (nSPS) is 17.6. The van der Waals surface area contributed by atoms with Crippen LogP contribution in [-0.4, -0.2) is 56.8 Å². The molecule has 1 unspecified atom stereocenters. The number of hydrogen-bond donors (Lipinski definition) is 2. The van der Waals surface area contributed by atoms with E-state index < -0.39 is 20.9 Å². The SMILES string of the molecule is CN(CC(=O)NCCC1CCNC1)S(=O)(=O)c1cccc([N+](=O)[O-])c1. The molecule has 1 atom stereocenters. The Balaban J connectivity index is 1.91. The first-order valence-electron chi connectivity index (χ1n) is 7.99. The number of benzene rings is 1. The van der Waals surface area contributed by atoms with Crippen molar-refractivity contribution in [3.8, 4) is 0 Å². The fraction of sp³-hybridized carbons (Fsp3) is 0.533. The number of sulfonamides is 1. The first-order valence-corrected chi connectivity index (χ1v) is 9.43. The Bertz CT molecular complexity index is 731. The summed E-state index contributed by atoms with van der Waals surface area (Å²) in [5.41, 5.74) is -0.316. The van der Waals surface area contributed by atoms with Crippen LogP contribution in [-0.2, 0) is 14.8 Å². The maximum atomic E-state index is 12.4. The van der Waals surface area contributed by atoms with Gasteiger partial charge in [0.2, 0.25) is 15.9 Å². The zero-order valence-electron chi connectivity index (χ0n) is 14.0. The van der Waals surface area contributed by atoms with Crippen LogP contribution in [0.25, 0.3) is 0 Å². The first-order chi connectivity index (χ1) is 11.8. The maximum absolute atomic E-state index is 12.4. The van der Waals surface area contributed by atoms with Crippen LogP contribution < -0.4 is 10.6 Å². The van der Waals surface area contributed by atoms with Crippen molar-refractivity contribution in [3.63, 3.8) is 0 Å². The monoisotopic (exact) mass is 370 g/mol. The summed E-state index contributed by atoms with van der Waals surface area (Å²) >= 11 is 0. The molecule has 2 N–H and O–H groups in total. The zero-order valence-corrected chi connectivity index (χ0v) is 14.8. The summed E-state index contributed by atoms with van der Waals surface area (Å²) in [5.74, 6) is 0.133. The molecule has 0 aliphatic carbocycles. The predicted octanol–water partition coefficient (Wildman–Crippen LogP) is 0.331. The number of nitrogens with one attached hydrogen (secondary N) is 2. The van der Waals surface area contributed by atoms with Crippen molar-refractivity contribution in [3.05, 3.63) is 34.4 Å². The average molecular weight is 370 g/mol. The molecule has 0 radical (unpaired) electrons. The highest BCUT2D eigenvalue weighted by atomic mass is 32.2. The second kappa shape index (κ2) is 8.37. The highest BCUT2D eigenvalue weighted by Gasteiger charge is 2.24. The van der Waals surface area contributed by atoms with Gasteiger partial charge in [-0.15, -0.1) is 0 Å². The molecule has 0 aromatic heterocycles. The molecule has 0 bridgehead atoms. The quantitative estimate of drug-likeness (QED) is 0.502. The van der Waals surface area contributed by atoms with Crippen LogP contribution in [0.3, 0.4) is 0 Å². The topological polar surface area (TPSA) is 122 Å². The molecular formula is C15H22N4O5S. The van der Waals surface area contributed by atoms with Gasteiger partial charge in [-0.3, -0.25) is 14.9 Å². The maximum Gasteiger partial charge on any atom is 0.270 e. The highest BCUT2D eigenvalue weighted by molar-refractivity contribution is 7.89. The molecule has 1 aliphatic rings. The van der Waals surface area contributed by atoms with Gasteiger partial charge in [0.25, 0.3) is 5.69 Å². The fourth-order valence-electron chi connectivity index (χ4n) is 2.66. The third-order valence-electron chi connectivity index (χ3n) is 4.14. The number of carbonyl (C=O) groups is 1. The lowest BCUT2D eigenvalue weighted by Crippen LogP contribution is -2.39. The van der Waals surface area contributed by atoms with Gasteiger partial charge in [0.1, 0.15) is 0 Å². The molecule has 1 amide bonds. The van der Waals surface area contributed by atoms with Crippen LogP contribution in [0.15, 0.2) is 29.2 Å². The molecule has 1 fully saturated rings. The molecule has 1 aliphatic heterocycles. The predicted molar refractivity (Wildman–Crippen MR) is 91.5 cm³/mol. The minimum Gasteiger partial charge on any atom is -0.355 e. The third-order valence-corrected chi connectivity index (χ3v) is 5.94.